The van der Waals surface area contributed by atoms with Gasteiger partial charge in [0.15, 0.2) is 5.76 Å². The average molecular weight is 490 g/mol. The third-order valence-corrected chi connectivity index (χ3v) is 5.85. The molecule has 0 bridgehead atoms. The molecule has 6 heteroatoms. The van der Waals surface area contributed by atoms with Crippen molar-refractivity contribution >= 4 is 51.0 Å². The van der Waals surface area contributed by atoms with Crippen LogP contribution < -0.4 is 9.47 Å². The molecule has 3 aromatic rings. The third kappa shape index (κ3) is 4.20. The van der Waals surface area contributed by atoms with Crippen molar-refractivity contribution in [3.8, 4) is 11.5 Å². The number of Topliss-reactive ketones (excluding diaryl/α,β-unsaturated/α-hetero) is 1. The highest BCUT2D eigenvalue weighted by molar-refractivity contribution is 9.10. The Balaban J connectivity index is 1.57. The molecular weight excluding hydrogens is 475 g/mol. The SMILES string of the molecule is Cc1c(OCc2ccc(Br)cc2)ccc2c1O/C(=C\c1ccc(Cl)c(Cl)c1)C2=O. The number of benzene rings is 3. The van der Waals surface area contributed by atoms with E-state index in [0.29, 0.717) is 33.7 Å². The number of allylic oxidation sites excluding steroid dienone is 1. The van der Waals surface area contributed by atoms with Crippen LogP contribution in [0.5, 0.6) is 11.5 Å². The Bertz CT molecular complexity index is 1140. The first-order valence-electron chi connectivity index (χ1n) is 8.82. The van der Waals surface area contributed by atoms with E-state index in [1.54, 1.807) is 36.4 Å². The molecule has 0 radical (unpaired) electrons. The highest BCUT2D eigenvalue weighted by Gasteiger charge is 2.30. The number of hydrogen-bond acceptors (Lipinski definition) is 3. The molecule has 0 N–H and O–H groups in total. The summed E-state index contributed by atoms with van der Waals surface area (Å²) in [6.07, 6.45) is 1.66. The molecule has 0 spiro atoms. The predicted octanol–water partition coefficient (Wildman–Crippen LogP) is 7.26. The van der Waals surface area contributed by atoms with E-state index >= 15 is 0 Å². The van der Waals surface area contributed by atoms with E-state index in [-0.39, 0.29) is 11.5 Å². The zero-order valence-corrected chi connectivity index (χ0v) is 18.4. The lowest BCUT2D eigenvalue weighted by molar-refractivity contribution is 0.101. The Morgan fingerprint density at radius 2 is 1.79 bits per heavy atom. The topological polar surface area (TPSA) is 35.5 Å². The molecule has 0 atom stereocenters. The Labute approximate surface area is 187 Å². The fourth-order valence-corrected chi connectivity index (χ4v) is 3.59. The lowest BCUT2D eigenvalue weighted by Crippen LogP contribution is -1.98. The normalized spacial score (nSPS) is 14.1. The summed E-state index contributed by atoms with van der Waals surface area (Å²) >= 11 is 15.4. The summed E-state index contributed by atoms with van der Waals surface area (Å²) in [6, 6.07) is 16.6. The third-order valence-electron chi connectivity index (χ3n) is 4.59. The molecule has 29 heavy (non-hydrogen) atoms. The lowest BCUT2D eigenvalue weighted by atomic mass is 10.1. The van der Waals surface area contributed by atoms with Crippen molar-refractivity contribution in [2.24, 2.45) is 0 Å². The standard InChI is InChI=1S/C23H15BrCl2O3/c1-13-20(28-12-14-2-5-16(24)6-3-14)9-7-17-22(27)21(29-23(13)17)11-15-4-8-18(25)19(26)10-15/h2-11H,12H2,1H3/b21-11-. The molecule has 1 aliphatic heterocycles. The van der Waals surface area contributed by atoms with Crippen LogP contribution in [0.1, 0.15) is 27.0 Å². The van der Waals surface area contributed by atoms with Gasteiger partial charge in [-0.1, -0.05) is 57.3 Å². The maximum Gasteiger partial charge on any atom is 0.231 e. The van der Waals surface area contributed by atoms with Crippen molar-refractivity contribution in [3.05, 3.63) is 97.1 Å². The summed E-state index contributed by atoms with van der Waals surface area (Å²) in [6.45, 7) is 2.30. The van der Waals surface area contributed by atoms with Crippen molar-refractivity contribution in [1.29, 1.82) is 0 Å². The predicted molar refractivity (Wildman–Crippen MR) is 119 cm³/mol. The minimum absolute atomic E-state index is 0.173. The molecule has 146 valence electrons. The summed E-state index contributed by atoms with van der Waals surface area (Å²) in [7, 11) is 0. The number of rotatable bonds is 4. The molecule has 0 saturated carbocycles. The molecule has 0 fully saturated rings. The fraction of sp³-hybridized carbons (Fsp3) is 0.0870. The van der Waals surface area contributed by atoms with Gasteiger partial charge in [0.25, 0.3) is 0 Å². The molecule has 0 aromatic heterocycles. The zero-order chi connectivity index (χ0) is 20.5. The Hall–Kier alpha value is -2.27. The van der Waals surface area contributed by atoms with Gasteiger partial charge in [-0.2, -0.15) is 0 Å². The van der Waals surface area contributed by atoms with Crippen LogP contribution in [0, 0.1) is 6.92 Å². The largest absolute Gasteiger partial charge is 0.488 e. The van der Waals surface area contributed by atoms with Gasteiger partial charge in [0.1, 0.15) is 18.1 Å². The molecule has 0 unspecified atom stereocenters. The summed E-state index contributed by atoms with van der Waals surface area (Å²) in [5, 5.41) is 0.878. The maximum atomic E-state index is 12.7. The second-order valence-electron chi connectivity index (χ2n) is 6.59. The molecule has 4 rings (SSSR count). The van der Waals surface area contributed by atoms with Gasteiger partial charge in [-0.15, -0.1) is 0 Å². The van der Waals surface area contributed by atoms with E-state index in [2.05, 4.69) is 15.9 Å². The van der Waals surface area contributed by atoms with E-state index in [0.717, 1.165) is 21.2 Å². The van der Waals surface area contributed by atoms with Crippen LogP contribution in [-0.2, 0) is 6.61 Å². The Morgan fingerprint density at radius 3 is 2.52 bits per heavy atom. The van der Waals surface area contributed by atoms with Crippen LogP contribution in [0.25, 0.3) is 6.08 Å². The number of carbonyl (C=O) groups is 1. The van der Waals surface area contributed by atoms with E-state index in [1.807, 2.05) is 31.2 Å². The average Bonchev–Trinajstić information content (AvgIpc) is 3.02. The second kappa shape index (κ2) is 8.23. The van der Waals surface area contributed by atoms with Gasteiger partial charge < -0.3 is 9.47 Å². The summed E-state index contributed by atoms with van der Waals surface area (Å²) in [5.41, 5.74) is 3.08. The van der Waals surface area contributed by atoms with Crippen LogP contribution >= 0.6 is 39.1 Å². The van der Waals surface area contributed by atoms with Gasteiger partial charge in [0.2, 0.25) is 5.78 Å². The molecule has 3 aromatic carbocycles. The van der Waals surface area contributed by atoms with Gasteiger partial charge >= 0.3 is 0 Å². The molecule has 3 nitrogen and oxygen atoms in total. The van der Waals surface area contributed by atoms with Gasteiger partial charge in [-0.3, -0.25) is 4.79 Å². The van der Waals surface area contributed by atoms with E-state index in [1.165, 1.54) is 0 Å². The highest BCUT2D eigenvalue weighted by atomic mass is 79.9. The van der Waals surface area contributed by atoms with Gasteiger partial charge in [0, 0.05) is 10.0 Å². The van der Waals surface area contributed by atoms with Crippen molar-refractivity contribution in [1.82, 2.24) is 0 Å². The van der Waals surface area contributed by atoms with Crippen molar-refractivity contribution in [2.45, 2.75) is 13.5 Å². The molecule has 0 saturated heterocycles. The summed E-state index contributed by atoms with van der Waals surface area (Å²) < 4.78 is 12.8. The minimum atomic E-state index is -0.173. The number of ether oxygens (including phenoxy) is 2. The van der Waals surface area contributed by atoms with E-state index in [9.17, 15) is 4.79 Å². The van der Waals surface area contributed by atoms with Gasteiger partial charge in [-0.25, -0.2) is 0 Å². The molecule has 0 aliphatic carbocycles. The number of halogens is 3. The summed E-state index contributed by atoms with van der Waals surface area (Å²) in [5.74, 6) is 1.27. The molecule has 0 amide bonds. The first-order chi connectivity index (χ1) is 13.9. The first kappa shape index (κ1) is 20.0. The smallest absolute Gasteiger partial charge is 0.231 e. The summed E-state index contributed by atoms with van der Waals surface area (Å²) in [4.78, 5) is 12.7. The fourth-order valence-electron chi connectivity index (χ4n) is 3.02. The quantitative estimate of drug-likeness (QED) is 0.362. The first-order valence-corrected chi connectivity index (χ1v) is 10.4. The highest BCUT2D eigenvalue weighted by Crippen LogP contribution is 2.39. The molecular formula is C23H15BrCl2O3. The van der Waals surface area contributed by atoms with Crippen LogP contribution in [0.15, 0.2) is 64.8 Å². The number of fused-ring (bicyclic) bond motifs is 1. The van der Waals surface area contributed by atoms with Gasteiger partial charge in [-0.05, 0) is 60.5 Å². The van der Waals surface area contributed by atoms with Crippen LogP contribution in [0.3, 0.4) is 0 Å². The zero-order valence-electron chi connectivity index (χ0n) is 15.3. The van der Waals surface area contributed by atoms with E-state index < -0.39 is 0 Å². The lowest BCUT2D eigenvalue weighted by Gasteiger charge is -2.11. The molecule has 1 heterocycles. The van der Waals surface area contributed by atoms with Crippen LogP contribution in [0.2, 0.25) is 10.0 Å². The Morgan fingerprint density at radius 1 is 1.03 bits per heavy atom. The number of ketones is 1. The van der Waals surface area contributed by atoms with Crippen LogP contribution in [-0.4, -0.2) is 5.78 Å². The van der Waals surface area contributed by atoms with Crippen molar-refractivity contribution in [2.75, 3.05) is 0 Å². The number of carbonyl (C=O) groups excluding carboxylic acids is 1. The van der Waals surface area contributed by atoms with Crippen molar-refractivity contribution < 1.29 is 14.3 Å². The minimum Gasteiger partial charge on any atom is -0.488 e. The van der Waals surface area contributed by atoms with Crippen molar-refractivity contribution in [3.63, 3.8) is 0 Å². The number of hydrogen-bond donors (Lipinski definition) is 0. The van der Waals surface area contributed by atoms with E-state index in [4.69, 9.17) is 32.7 Å². The maximum absolute atomic E-state index is 12.7. The Kier molecular flexibility index (Phi) is 5.68. The monoisotopic (exact) mass is 488 g/mol. The second-order valence-corrected chi connectivity index (χ2v) is 8.32. The van der Waals surface area contributed by atoms with Crippen LogP contribution in [0.4, 0.5) is 0 Å². The van der Waals surface area contributed by atoms with Gasteiger partial charge in [0.05, 0.1) is 15.6 Å². The molecule has 1 aliphatic rings.